The maximum Gasteiger partial charge on any atom is 0.213 e. The van der Waals surface area contributed by atoms with Crippen LogP contribution in [0.25, 0.3) is 32.9 Å². The van der Waals surface area contributed by atoms with Crippen LogP contribution in [0.15, 0.2) is 54.6 Å². The number of nitrogens with one attached hydrogen (secondary N) is 1. The summed E-state index contributed by atoms with van der Waals surface area (Å²) < 4.78 is 14.1. The molecule has 2 heterocycles. The molecule has 0 amide bonds. The Balaban J connectivity index is 2.15. The second kappa shape index (κ2) is 5.20. The number of H-pyrrole nitrogens is 1. The summed E-state index contributed by atoms with van der Waals surface area (Å²) in [5.41, 5.74) is 4.95. The van der Waals surface area contributed by atoms with Gasteiger partial charge in [-0.15, -0.1) is 0 Å². The number of nitrogens with zero attached hydrogens (tertiary/aromatic N) is 1. The van der Waals surface area contributed by atoms with Gasteiger partial charge >= 0.3 is 0 Å². The van der Waals surface area contributed by atoms with E-state index >= 15 is 0 Å². The fraction of sp³-hybridized carbons (Fsp3) is 0.150. The molecule has 0 spiro atoms. The van der Waals surface area contributed by atoms with Crippen molar-refractivity contribution < 1.29 is 4.39 Å². The van der Waals surface area contributed by atoms with Gasteiger partial charge in [-0.1, -0.05) is 56.3 Å². The van der Waals surface area contributed by atoms with Gasteiger partial charge in [-0.25, -0.2) is 4.98 Å². The highest BCUT2D eigenvalue weighted by atomic mass is 19.1. The highest BCUT2D eigenvalue weighted by Gasteiger charge is 2.16. The SMILES string of the molecule is CC(C)c1nc(F)cc2c1[nH]c1cccc(-c3ccccc3)c12. The molecule has 0 radical (unpaired) electrons. The van der Waals surface area contributed by atoms with E-state index in [1.165, 1.54) is 6.07 Å². The molecule has 0 aliphatic carbocycles. The number of fused-ring (bicyclic) bond motifs is 3. The number of aromatic amines is 1. The lowest BCUT2D eigenvalue weighted by Crippen LogP contribution is -1.96. The predicted octanol–water partition coefficient (Wildman–Crippen LogP) is 5.65. The van der Waals surface area contributed by atoms with Crippen LogP contribution in [0.4, 0.5) is 4.39 Å². The molecule has 0 aliphatic rings. The molecule has 2 aromatic carbocycles. The van der Waals surface area contributed by atoms with Crippen LogP contribution in [-0.4, -0.2) is 9.97 Å². The van der Waals surface area contributed by atoms with Gasteiger partial charge in [-0.2, -0.15) is 4.39 Å². The molecule has 0 saturated carbocycles. The van der Waals surface area contributed by atoms with E-state index in [4.69, 9.17) is 0 Å². The average Bonchev–Trinajstić information content (AvgIpc) is 2.93. The van der Waals surface area contributed by atoms with Crippen LogP contribution < -0.4 is 0 Å². The second-order valence-corrected chi connectivity index (χ2v) is 6.13. The van der Waals surface area contributed by atoms with Gasteiger partial charge < -0.3 is 4.98 Å². The molecule has 0 fully saturated rings. The summed E-state index contributed by atoms with van der Waals surface area (Å²) in [5, 5.41) is 1.95. The van der Waals surface area contributed by atoms with Gasteiger partial charge in [0.1, 0.15) is 0 Å². The fourth-order valence-electron chi connectivity index (χ4n) is 3.22. The Morgan fingerprint density at radius 3 is 2.52 bits per heavy atom. The first kappa shape index (κ1) is 13.9. The third kappa shape index (κ3) is 2.20. The zero-order valence-corrected chi connectivity index (χ0v) is 13.1. The Bertz CT molecular complexity index is 1000. The van der Waals surface area contributed by atoms with Crippen LogP contribution in [-0.2, 0) is 0 Å². The summed E-state index contributed by atoms with van der Waals surface area (Å²) in [4.78, 5) is 7.54. The van der Waals surface area contributed by atoms with E-state index in [0.717, 1.165) is 38.6 Å². The van der Waals surface area contributed by atoms with Crippen molar-refractivity contribution in [1.82, 2.24) is 9.97 Å². The van der Waals surface area contributed by atoms with E-state index in [2.05, 4.69) is 28.2 Å². The number of hydrogen-bond acceptors (Lipinski definition) is 1. The first-order valence-corrected chi connectivity index (χ1v) is 7.81. The summed E-state index contributed by atoms with van der Waals surface area (Å²) >= 11 is 0. The van der Waals surface area contributed by atoms with Gasteiger partial charge in [0.2, 0.25) is 5.95 Å². The summed E-state index contributed by atoms with van der Waals surface area (Å²) in [6.45, 7) is 4.07. The maximum atomic E-state index is 14.1. The van der Waals surface area contributed by atoms with Crippen molar-refractivity contribution in [2.45, 2.75) is 19.8 Å². The minimum absolute atomic E-state index is 0.154. The molecular weight excluding hydrogens is 287 g/mol. The van der Waals surface area contributed by atoms with Crippen molar-refractivity contribution in [2.75, 3.05) is 0 Å². The lowest BCUT2D eigenvalue weighted by atomic mass is 9.99. The lowest BCUT2D eigenvalue weighted by molar-refractivity contribution is 0.575. The number of hydrogen-bond donors (Lipinski definition) is 1. The quantitative estimate of drug-likeness (QED) is 0.477. The van der Waals surface area contributed by atoms with Gasteiger partial charge in [0.25, 0.3) is 0 Å². The van der Waals surface area contributed by atoms with Crippen LogP contribution in [0, 0.1) is 5.95 Å². The zero-order valence-electron chi connectivity index (χ0n) is 13.1. The van der Waals surface area contributed by atoms with Crippen LogP contribution in [0.2, 0.25) is 0 Å². The van der Waals surface area contributed by atoms with E-state index in [1.807, 2.05) is 44.2 Å². The van der Waals surface area contributed by atoms with Crippen molar-refractivity contribution in [3.63, 3.8) is 0 Å². The molecule has 3 heteroatoms. The van der Waals surface area contributed by atoms with Crippen molar-refractivity contribution in [3.8, 4) is 11.1 Å². The third-order valence-corrected chi connectivity index (χ3v) is 4.24. The van der Waals surface area contributed by atoms with Gasteiger partial charge in [-0.05, 0) is 23.1 Å². The van der Waals surface area contributed by atoms with Gasteiger partial charge in [0.05, 0.1) is 11.2 Å². The molecule has 4 rings (SSSR count). The molecule has 2 aromatic heterocycles. The van der Waals surface area contributed by atoms with Crippen LogP contribution in [0.3, 0.4) is 0 Å². The highest BCUT2D eigenvalue weighted by Crippen LogP contribution is 2.36. The van der Waals surface area contributed by atoms with Crippen molar-refractivity contribution in [2.24, 2.45) is 0 Å². The standard InChI is InChI=1S/C20H17FN2/c1-12(2)19-20-15(11-17(21)23-19)18-14(9-6-10-16(18)22-20)13-7-4-3-5-8-13/h3-12,22H,1-2H3. The smallest absolute Gasteiger partial charge is 0.213 e. The monoisotopic (exact) mass is 304 g/mol. The number of halogens is 1. The first-order chi connectivity index (χ1) is 11.1. The summed E-state index contributed by atoms with van der Waals surface area (Å²) in [6, 6.07) is 17.9. The normalized spacial score (nSPS) is 11.7. The first-order valence-electron chi connectivity index (χ1n) is 7.81. The molecule has 4 aromatic rings. The summed E-state index contributed by atoms with van der Waals surface area (Å²) in [7, 11) is 0. The minimum atomic E-state index is -0.426. The Morgan fingerprint density at radius 1 is 1.00 bits per heavy atom. The molecule has 0 unspecified atom stereocenters. The minimum Gasteiger partial charge on any atom is -0.353 e. The largest absolute Gasteiger partial charge is 0.353 e. The van der Waals surface area contributed by atoms with Gasteiger partial charge in [-0.3, -0.25) is 0 Å². The summed E-state index contributed by atoms with van der Waals surface area (Å²) in [6.07, 6.45) is 0. The van der Waals surface area contributed by atoms with Crippen LogP contribution in [0.5, 0.6) is 0 Å². The zero-order chi connectivity index (χ0) is 16.0. The molecule has 1 N–H and O–H groups in total. The van der Waals surface area contributed by atoms with E-state index in [-0.39, 0.29) is 5.92 Å². The molecule has 0 bridgehead atoms. The Kier molecular flexibility index (Phi) is 3.15. The Hall–Kier alpha value is -2.68. The molecule has 114 valence electrons. The average molecular weight is 304 g/mol. The van der Waals surface area contributed by atoms with Gasteiger partial charge in [0.15, 0.2) is 0 Å². The molecule has 0 aliphatic heterocycles. The van der Waals surface area contributed by atoms with Gasteiger partial charge in [0, 0.05) is 22.4 Å². The van der Waals surface area contributed by atoms with Crippen LogP contribution in [0.1, 0.15) is 25.5 Å². The van der Waals surface area contributed by atoms with Crippen LogP contribution >= 0.6 is 0 Å². The molecule has 2 nitrogen and oxygen atoms in total. The van der Waals surface area contributed by atoms with E-state index in [0.29, 0.717) is 0 Å². The number of benzene rings is 2. The second-order valence-electron chi connectivity index (χ2n) is 6.13. The van der Waals surface area contributed by atoms with Crippen molar-refractivity contribution in [1.29, 1.82) is 0 Å². The summed E-state index contributed by atoms with van der Waals surface area (Å²) in [5.74, 6) is -0.272. The predicted molar refractivity (Wildman–Crippen MR) is 93.1 cm³/mol. The van der Waals surface area contributed by atoms with E-state index in [1.54, 1.807) is 0 Å². The Labute approximate surface area is 134 Å². The highest BCUT2D eigenvalue weighted by molar-refractivity contribution is 6.14. The van der Waals surface area contributed by atoms with E-state index in [9.17, 15) is 4.39 Å². The molecule has 23 heavy (non-hydrogen) atoms. The van der Waals surface area contributed by atoms with E-state index < -0.39 is 5.95 Å². The third-order valence-electron chi connectivity index (χ3n) is 4.24. The lowest BCUT2D eigenvalue weighted by Gasteiger charge is -2.07. The van der Waals surface area contributed by atoms with Crippen molar-refractivity contribution in [3.05, 3.63) is 66.2 Å². The number of rotatable bonds is 2. The fourth-order valence-corrected chi connectivity index (χ4v) is 3.22. The number of aromatic nitrogens is 2. The maximum absolute atomic E-state index is 14.1. The van der Waals surface area contributed by atoms with Crippen molar-refractivity contribution >= 4 is 21.8 Å². The topological polar surface area (TPSA) is 28.7 Å². The molecule has 0 atom stereocenters. The number of pyridine rings is 1. The molecular formula is C20H17FN2. The molecule has 0 saturated heterocycles. The Morgan fingerprint density at radius 2 is 1.78 bits per heavy atom.